The predicted molar refractivity (Wildman–Crippen MR) is 53.3 cm³/mol. The number of methoxy groups -OCH3 is 1. The number of rotatable bonds is 7. The Labute approximate surface area is 84.8 Å². The van der Waals surface area contributed by atoms with Gasteiger partial charge in [-0.1, -0.05) is 6.92 Å². The Morgan fingerprint density at radius 1 is 1.64 bits per heavy atom. The van der Waals surface area contributed by atoms with Gasteiger partial charge in [-0.3, -0.25) is 9.69 Å². The Bertz CT molecular complexity index is 192. The lowest BCUT2D eigenvalue weighted by atomic mass is 10.2. The summed E-state index contributed by atoms with van der Waals surface area (Å²) in [5.41, 5.74) is 0. The maximum absolute atomic E-state index is 11.0. The van der Waals surface area contributed by atoms with Crippen molar-refractivity contribution in [2.75, 3.05) is 20.3 Å². The zero-order valence-corrected chi connectivity index (χ0v) is 8.90. The highest BCUT2D eigenvalue weighted by Gasteiger charge is 2.35. The van der Waals surface area contributed by atoms with Crippen molar-refractivity contribution in [3.8, 4) is 0 Å². The van der Waals surface area contributed by atoms with Crippen LogP contribution in [0.5, 0.6) is 0 Å². The third-order valence-electron chi connectivity index (χ3n) is 2.64. The van der Waals surface area contributed by atoms with Crippen LogP contribution in [0.25, 0.3) is 0 Å². The third kappa shape index (κ3) is 2.96. The standard InChI is InChI=1S/C10H19NO3/c1-3-9(10(12)13)11(6-7-14-2)8-4-5-8/h8-9H,3-7H2,1-2H3,(H,12,13). The lowest BCUT2D eigenvalue weighted by Crippen LogP contribution is -2.43. The van der Waals surface area contributed by atoms with Gasteiger partial charge in [-0.05, 0) is 19.3 Å². The lowest BCUT2D eigenvalue weighted by Gasteiger charge is -2.27. The Morgan fingerprint density at radius 3 is 2.64 bits per heavy atom. The van der Waals surface area contributed by atoms with Crippen molar-refractivity contribution >= 4 is 5.97 Å². The van der Waals surface area contributed by atoms with E-state index in [-0.39, 0.29) is 6.04 Å². The molecule has 1 atom stereocenters. The summed E-state index contributed by atoms with van der Waals surface area (Å²) in [5, 5.41) is 9.04. The quantitative estimate of drug-likeness (QED) is 0.666. The lowest BCUT2D eigenvalue weighted by molar-refractivity contribution is -0.144. The highest BCUT2D eigenvalue weighted by molar-refractivity contribution is 5.73. The van der Waals surface area contributed by atoms with E-state index in [9.17, 15) is 4.79 Å². The first-order valence-electron chi connectivity index (χ1n) is 5.18. The summed E-state index contributed by atoms with van der Waals surface area (Å²) in [6, 6.07) is 0.142. The van der Waals surface area contributed by atoms with Gasteiger partial charge in [0, 0.05) is 19.7 Å². The summed E-state index contributed by atoms with van der Waals surface area (Å²) in [6.07, 6.45) is 2.93. The van der Waals surface area contributed by atoms with Gasteiger partial charge in [0.25, 0.3) is 0 Å². The van der Waals surface area contributed by atoms with Crippen LogP contribution in [0, 0.1) is 0 Å². The molecule has 0 aromatic rings. The van der Waals surface area contributed by atoms with Gasteiger partial charge in [0.05, 0.1) is 6.61 Å². The molecule has 0 amide bonds. The molecule has 0 saturated heterocycles. The van der Waals surface area contributed by atoms with Crippen molar-refractivity contribution < 1.29 is 14.6 Å². The molecule has 4 heteroatoms. The zero-order valence-electron chi connectivity index (χ0n) is 8.90. The monoisotopic (exact) mass is 201 g/mol. The average molecular weight is 201 g/mol. The number of hydrogen-bond acceptors (Lipinski definition) is 3. The summed E-state index contributed by atoms with van der Waals surface area (Å²) in [4.78, 5) is 13.0. The minimum absolute atomic E-state index is 0.336. The number of hydrogen-bond donors (Lipinski definition) is 1. The van der Waals surface area contributed by atoms with E-state index in [1.54, 1.807) is 7.11 Å². The fourth-order valence-corrected chi connectivity index (χ4v) is 1.75. The fourth-order valence-electron chi connectivity index (χ4n) is 1.75. The molecule has 1 aliphatic carbocycles. The van der Waals surface area contributed by atoms with Crippen molar-refractivity contribution in [3.05, 3.63) is 0 Å². The summed E-state index contributed by atoms with van der Waals surface area (Å²) in [7, 11) is 1.65. The zero-order chi connectivity index (χ0) is 10.6. The van der Waals surface area contributed by atoms with Gasteiger partial charge < -0.3 is 9.84 Å². The van der Waals surface area contributed by atoms with Gasteiger partial charge in [-0.15, -0.1) is 0 Å². The van der Waals surface area contributed by atoms with Gasteiger partial charge in [0.1, 0.15) is 6.04 Å². The van der Waals surface area contributed by atoms with E-state index < -0.39 is 5.97 Å². The van der Waals surface area contributed by atoms with Crippen LogP contribution in [0.1, 0.15) is 26.2 Å². The van der Waals surface area contributed by atoms with E-state index >= 15 is 0 Å². The smallest absolute Gasteiger partial charge is 0.320 e. The van der Waals surface area contributed by atoms with Crippen molar-refractivity contribution in [1.82, 2.24) is 4.90 Å². The number of carboxylic acid groups (broad SMARTS) is 1. The van der Waals surface area contributed by atoms with Crippen molar-refractivity contribution in [2.45, 2.75) is 38.3 Å². The Hall–Kier alpha value is -0.610. The Morgan fingerprint density at radius 2 is 2.29 bits per heavy atom. The highest BCUT2D eigenvalue weighted by Crippen LogP contribution is 2.29. The van der Waals surface area contributed by atoms with Gasteiger partial charge >= 0.3 is 5.97 Å². The molecule has 1 rings (SSSR count). The van der Waals surface area contributed by atoms with Crippen LogP contribution in [0.3, 0.4) is 0 Å². The molecule has 0 spiro atoms. The maximum atomic E-state index is 11.0. The summed E-state index contributed by atoms with van der Waals surface area (Å²) in [5.74, 6) is -0.712. The number of nitrogens with zero attached hydrogens (tertiary/aromatic N) is 1. The van der Waals surface area contributed by atoms with Crippen LogP contribution in [0.2, 0.25) is 0 Å². The molecule has 1 fully saturated rings. The van der Waals surface area contributed by atoms with Crippen molar-refractivity contribution in [2.24, 2.45) is 0 Å². The van der Waals surface area contributed by atoms with Crippen LogP contribution in [0.15, 0.2) is 0 Å². The number of aliphatic carboxylic acids is 1. The molecule has 0 aromatic carbocycles. The molecule has 1 saturated carbocycles. The second-order valence-corrected chi connectivity index (χ2v) is 3.72. The van der Waals surface area contributed by atoms with E-state index in [1.807, 2.05) is 6.92 Å². The van der Waals surface area contributed by atoms with Crippen LogP contribution >= 0.6 is 0 Å². The molecular weight excluding hydrogens is 182 g/mol. The molecule has 1 N–H and O–H groups in total. The van der Waals surface area contributed by atoms with Crippen molar-refractivity contribution in [1.29, 1.82) is 0 Å². The normalized spacial score (nSPS) is 18.5. The number of carbonyl (C=O) groups is 1. The maximum Gasteiger partial charge on any atom is 0.320 e. The first-order chi connectivity index (χ1) is 6.70. The molecule has 0 radical (unpaired) electrons. The summed E-state index contributed by atoms with van der Waals surface area (Å²) < 4.78 is 4.99. The van der Waals surface area contributed by atoms with Gasteiger partial charge in [0.15, 0.2) is 0 Å². The molecular formula is C10H19NO3. The van der Waals surface area contributed by atoms with Gasteiger partial charge in [-0.25, -0.2) is 0 Å². The molecule has 4 nitrogen and oxygen atoms in total. The molecule has 82 valence electrons. The molecule has 14 heavy (non-hydrogen) atoms. The average Bonchev–Trinajstić information content (AvgIpc) is 2.94. The molecule has 0 aromatic heterocycles. The molecule has 1 aliphatic rings. The SMILES string of the molecule is CCC(C(=O)O)N(CCOC)C1CC1. The minimum Gasteiger partial charge on any atom is -0.480 e. The first-order valence-corrected chi connectivity index (χ1v) is 5.18. The molecule has 0 aliphatic heterocycles. The number of ether oxygens (including phenoxy) is 1. The molecule has 0 bridgehead atoms. The van der Waals surface area contributed by atoms with Crippen molar-refractivity contribution in [3.63, 3.8) is 0 Å². The van der Waals surface area contributed by atoms with E-state index in [4.69, 9.17) is 9.84 Å². The fraction of sp³-hybridized carbons (Fsp3) is 0.900. The van der Waals surface area contributed by atoms with Crippen LogP contribution in [-0.4, -0.2) is 48.3 Å². The van der Waals surface area contributed by atoms with E-state index in [0.29, 0.717) is 19.1 Å². The van der Waals surface area contributed by atoms with E-state index in [1.165, 1.54) is 0 Å². The van der Waals surface area contributed by atoms with Gasteiger partial charge in [-0.2, -0.15) is 0 Å². The highest BCUT2D eigenvalue weighted by atomic mass is 16.5. The second-order valence-electron chi connectivity index (χ2n) is 3.72. The second kappa shape index (κ2) is 5.32. The van der Waals surface area contributed by atoms with Crippen LogP contribution in [0.4, 0.5) is 0 Å². The van der Waals surface area contributed by atoms with Gasteiger partial charge in [0.2, 0.25) is 0 Å². The minimum atomic E-state index is -0.712. The summed E-state index contributed by atoms with van der Waals surface area (Å²) in [6.45, 7) is 3.26. The van der Waals surface area contributed by atoms with E-state index in [2.05, 4.69) is 4.90 Å². The first kappa shape index (κ1) is 11.5. The third-order valence-corrected chi connectivity index (χ3v) is 2.64. The summed E-state index contributed by atoms with van der Waals surface area (Å²) >= 11 is 0. The molecule has 1 unspecified atom stereocenters. The van der Waals surface area contributed by atoms with Crippen LogP contribution < -0.4 is 0 Å². The molecule has 0 heterocycles. The number of carboxylic acids is 1. The predicted octanol–water partition coefficient (Wildman–Crippen LogP) is 0.960. The largest absolute Gasteiger partial charge is 0.480 e. The van der Waals surface area contributed by atoms with E-state index in [0.717, 1.165) is 19.4 Å². The topological polar surface area (TPSA) is 49.8 Å². The van der Waals surface area contributed by atoms with Crippen LogP contribution in [-0.2, 0) is 9.53 Å². The Kier molecular flexibility index (Phi) is 4.35. The Balaban J connectivity index is 2.50.